The van der Waals surface area contributed by atoms with E-state index in [1.165, 1.54) is 0 Å². The first-order chi connectivity index (χ1) is 13.1. The fourth-order valence-corrected chi connectivity index (χ4v) is 2.98. The van der Waals surface area contributed by atoms with Gasteiger partial charge in [0.25, 0.3) is 0 Å². The molecule has 0 aliphatic carbocycles. The molecule has 4 aromatic rings. The molecule has 5 nitrogen and oxygen atoms in total. The highest BCUT2D eigenvalue weighted by Crippen LogP contribution is 2.15. The van der Waals surface area contributed by atoms with Gasteiger partial charge in [0.2, 0.25) is 5.78 Å². The molecule has 4 rings (SSSR count). The maximum absolute atomic E-state index is 12.8. The van der Waals surface area contributed by atoms with Gasteiger partial charge in [-0.3, -0.25) is 4.79 Å². The van der Waals surface area contributed by atoms with Gasteiger partial charge in [0, 0.05) is 34.7 Å². The summed E-state index contributed by atoms with van der Waals surface area (Å²) in [5.41, 5.74) is 3.64. The minimum Gasteiger partial charge on any atom is -0.324 e. The van der Waals surface area contributed by atoms with Crippen molar-refractivity contribution < 1.29 is 4.79 Å². The molecule has 0 spiro atoms. The van der Waals surface area contributed by atoms with E-state index in [1.54, 1.807) is 23.3 Å². The standard InChI is InChI=1S/C21H17ClN4O/c1-15-2-4-17(5-3-15)20(27)21-23-10-11-25(21)13-16-12-24-26(14-16)19-8-6-18(22)7-9-19/h2-12,14H,13H2,1H3. The largest absolute Gasteiger partial charge is 0.324 e. The second-order valence-corrected chi connectivity index (χ2v) is 6.78. The van der Waals surface area contributed by atoms with Gasteiger partial charge in [0.05, 0.1) is 18.4 Å². The lowest BCUT2D eigenvalue weighted by Crippen LogP contribution is -2.12. The van der Waals surface area contributed by atoms with Crippen molar-refractivity contribution in [3.8, 4) is 5.69 Å². The first-order valence-corrected chi connectivity index (χ1v) is 8.90. The Morgan fingerprint density at radius 1 is 1.07 bits per heavy atom. The first-order valence-electron chi connectivity index (χ1n) is 8.52. The molecule has 0 bridgehead atoms. The van der Waals surface area contributed by atoms with Crippen molar-refractivity contribution in [2.75, 3.05) is 0 Å². The summed E-state index contributed by atoms with van der Waals surface area (Å²) in [4.78, 5) is 17.0. The van der Waals surface area contributed by atoms with Gasteiger partial charge in [-0.15, -0.1) is 0 Å². The minimum atomic E-state index is -0.0925. The summed E-state index contributed by atoms with van der Waals surface area (Å²) in [5, 5.41) is 5.08. The zero-order valence-electron chi connectivity index (χ0n) is 14.7. The summed E-state index contributed by atoms with van der Waals surface area (Å²) in [6.07, 6.45) is 7.17. The van der Waals surface area contributed by atoms with Crippen LogP contribution in [-0.2, 0) is 6.54 Å². The number of imidazole rings is 1. The van der Waals surface area contributed by atoms with Crippen LogP contribution in [0.2, 0.25) is 5.02 Å². The van der Waals surface area contributed by atoms with E-state index in [4.69, 9.17) is 11.6 Å². The molecule has 0 saturated heterocycles. The highest BCUT2D eigenvalue weighted by Gasteiger charge is 2.15. The van der Waals surface area contributed by atoms with Gasteiger partial charge in [-0.05, 0) is 31.2 Å². The Kier molecular flexibility index (Phi) is 4.60. The quantitative estimate of drug-likeness (QED) is 0.488. The molecule has 2 aromatic heterocycles. The lowest BCUT2D eigenvalue weighted by molar-refractivity contribution is 0.102. The number of halogens is 1. The van der Waals surface area contributed by atoms with Crippen molar-refractivity contribution >= 4 is 17.4 Å². The van der Waals surface area contributed by atoms with Crippen LogP contribution in [0.15, 0.2) is 73.3 Å². The van der Waals surface area contributed by atoms with E-state index in [9.17, 15) is 4.79 Å². The van der Waals surface area contributed by atoms with E-state index in [0.717, 1.165) is 16.8 Å². The Labute approximate surface area is 161 Å². The van der Waals surface area contributed by atoms with E-state index in [2.05, 4.69) is 10.1 Å². The molecular formula is C21H17ClN4O. The minimum absolute atomic E-state index is 0.0925. The molecule has 0 saturated carbocycles. The molecule has 0 amide bonds. The van der Waals surface area contributed by atoms with Crippen LogP contribution in [0, 0.1) is 6.92 Å². The molecule has 0 atom stereocenters. The van der Waals surface area contributed by atoms with Crippen LogP contribution in [0.25, 0.3) is 5.69 Å². The first kappa shape index (κ1) is 17.2. The third kappa shape index (κ3) is 3.68. The monoisotopic (exact) mass is 376 g/mol. The van der Waals surface area contributed by atoms with Gasteiger partial charge in [-0.2, -0.15) is 5.10 Å². The molecule has 0 fully saturated rings. The Hall–Kier alpha value is -3.18. The zero-order chi connectivity index (χ0) is 18.8. The van der Waals surface area contributed by atoms with Gasteiger partial charge in [-0.1, -0.05) is 41.4 Å². The zero-order valence-corrected chi connectivity index (χ0v) is 15.5. The second-order valence-electron chi connectivity index (χ2n) is 6.34. The fourth-order valence-electron chi connectivity index (χ4n) is 2.85. The fraction of sp³-hybridized carbons (Fsp3) is 0.0952. The van der Waals surface area contributed by atoms with Crippen LogP contribution < -0.4 is 0 Å². The van der Waals surface area contributed by atoms with Gasteiger partial charge in [-0.25, -0.2) is 9.67 Å². The van der Waals surface area contributed by atoms with Crippen molar-refractivity contribution in [1.29, 1.82) is 0 Å². The molecule has 6 heteroatoms. The smallest absolute Gasteiger partial charge is 0.228 e. The highest BCUT2D eigenvalue weighted by molar-refractivity contribution is 6.30. The molecule has 2 heterocycles. The normalized spacial score (nSPS) is 10.9. The Bertz CT molecular complexity index is 1080. The van der Waals surface area contributed by atoms with Gasteiger partial charge in [0.15, 0.2) is 5.82 Å². The molecule has 2 aromatic carbocycles. The molecule has 0 aliphatic rings. The molecule has 0 unspecified atom stereocenters. The third-order valence-corrected chi connectivity index (χ3v) is 4.56. The van der Waals surface area contributed by atoms with Crippen molar-refractivity contribution in [3.63, 3.8) is 0 Å². The van der Waals surface area contributed by atoms with Crippen LogP contribution in [0.3, 0.4) is 0 Å². The van der Waals surface area contributed by atoms with Crippen molar-refractivity contribution in [3.05, 3.63) is 101 Å². The molecule has 0 radical (unpaired) electrons. The van der Waals surface area contributed by atoms with Crippen molar-refractivity contribution in [2.45, 2.75) is 13.5 Å². The van der Waals surface area contributed by atoms with E-state index in [0.29, 0.717) is 23.0 Å². The summed E-state index contributed by atoms with van der Waals surface area (Å²) in [6.45, 7) is 2.51. The topological polar surface area (TPSA) is 52.7 Å². The Morgan fingerprint density at radius 3 is 2.56 bits per heavy atom. The van der Waals surface area contributed by atoms with E-state index in [1.807, 2.05) is 66.2 Å². The van der Waals surface area contributed by atoms with Gasteiger partial charge >= 0.3 is 0 Å². The average molecular weight is 377 g/mol. The molecular weight excluding hydrogens is 360 g/mol. The number of aryl methyl sites for hydroxylation is 1. The number of hydrogen-bond donors (Lipinski definition) is 0. The molecule has 134 valence electrons. The number of carbonyl (C=O) groups is 1. The summed E-state index contributed by atoms with van der Waals surface area (Å²) in [7, 11) is 0. The SMILES string of the molecule is Cc1ccc(C(=O)c2nccn2Cc2cnn(-c3ccc(Cl)cc3)c2)cc1. The van der Waals surface area contributed by atoms with Gasteiger partial charge < -0.3 is 4.57 Å². The Balaban J connectivity index is 1.56. The lowest BCUT2D eigenvalue weighted by atomic mass is 10.1. The maximum Gasteiger partial charge on any atom is 0.228 e. The highest BCUT2D eigenvalue weighted by atomic mass is 35.5. The predicted octanol–water partition coefficient (Wildman–Crippen LogP) is 4.31. The number of ketones is 1. The lowest BCUT2D eigenvalue weighted by Gasteiger charge is -2.06. The summed E-state index contributed by atoms with van der Waals surface area (Å²) >= 11 is 5.93. The molecule has 0 N–H and O–H groups in total. The summed E-state index contributed by atoms with van der Waals surface area (Å²) in [5.74, 6) is 0.322. The Morgan fingerprint density at radius 2 is 1.81 bits per heavy atom. The molecule has 27 heavy (non-hydrogen) atoms. The summed E-state index contributed by atoms with van der Waals surface area (Å²) < 4.78 is 3.62. The number of nitrogens with zero attached hydrogens (tertiary/aromatic N) is 4. The number of benzene rings is 2. The van der Waals surface area contributed by atoms with Crippen molar-refractivity contribution in [1.82, 2.24) is 19.3 Å². The van der Waals surface area contributed by atoms with Gasteiger partial charge in [0.1, 0.15) is 0 Å². The van der Waals surface area contributed by atoms with Crippen LogP contribution in [0.4, 0.5) is 0 Å². The van der Waals surface area contributed by atoms with Crippen LogP contribution in [0.1, 0.15) is 27.3 Å². The van der Waals surface area contributed by atoms with E-state index >= 15 is 0 Å². The summed E-state index contributed by atoms with van der Waals surface area (Å²) in [6, 6.07) is 15.0. The number of rotatable bonds is 5. The average Bonchev–Trinajstić information content (AvgIpc) is 3.32. The van der Waals surface area contributed by atoms with Crippen LogP contribution in [-0.4, -0.2) is 25.1 Å². The third-order valence-electron chi connectivity index (χ3n) is 4.31. The van der Waals surface area contributed by atoms with Crippen LogP contribution >= 0.6 is 11.6 Å². The molecule has 0 aliphatic heterocycles. The van der Waals surface area contributed by atoms with Crippen LogP contribution in [0.5, 0.6) is 0 Å². The number of carbonyl (C=O) groups excluding carboxylic acids is 1. The maximum atomic E-state index is 12.8. The van der Waals surface area contributed by atoms with Crippen molar-refractivity contribution in [2.24, 2.45) is 0 Å². The van der Waals surface area contributed by atoms with E-state index in [-0.39, 0.29) is 5.78 Å². The number of aromatic nitrogens is 4. The number of hydrogen-bond acceptors (Lipinski definition) is 3. The predicted molar refractivity (Wildman–Crippen MR) is 105 cm³/mol. The second kappa shape index (κ2) is 7.21. The van der Waals surface area contributed by atoms with E-state index < -0.39 is 0 Å².